The summed E-state index contributed by atoms with van der Waals surface area (Å²) in [6.07, 6.45) is 2.91. The maximum absolute atomic E-state index is 12.5. The molecule has 1 aliphatic heterocycles. The van der Waals surface area contributed by atoms with Crippen molar-refractivity contribution in [3.63, 3.8) is 0 Å². The zero-order chi connectivity index (χ0) is 20.2. The second kappa shape index (κ2) is 8.82. The number of hydrogen-bond donors (Lipinski definition) is 0. The van der Waals surface area contributed by atoms with Crippen LogP contribution in [0.3, 0.4) is 0 Å². The number of carbonyl (C=O) groups is 1. The van der Waals surface area contributed by atoms with Crippen LogP contribution in [0.15, 0.2) is 53.7 Å². The Hall–Kier alpha value is -2.60. The first-order valence-electron chi connectivity index (χ1n) is 10.1. The van der Waals surface area contributed by atoms with E-state index in [1.807, 2.05) is 23.1 Å². The number of benzene rings is 2. The van der Waals surface area contributed by atoms with Gasteiger partial charge in [-0.25, -0.2) is 0 Å². The average Bonchev–Trinajstić information content (AvgIpc) is 3.40. The number of nitrogens with zero attached hydrogens (tertiary/aromatic N) is 4. The van der Waals surface area contributed by atoms with Crippen molar-refractivity contribution in [2.24, 2.45) is 0 Å². The van der Waals surface area contributed by atoms with Crippen molar-refractivity contribution in [3.05, 3.63) is 71.0 Å². The van der Waals surface area contributed by atoms with Crippen molar-refractivity contribution >= 4 is 17.7 Å². The number of amides is 1. The molecule has 1 amide bonds. The first-order valence-corrected chi connectivity index (χ1v) is 11.1. The van der Waals surface area contributed by atoms with Gasteiger partial charge in [-0.3, -0.25) is 9.36 Å². The van der Waals surface area contributed by atoms with Gasteiger partial charge in [-0.05, 0) is 55.5 Å². The van der Waals surface area contributed by atoms with Crippen LogP contribution >= 0.6 is 11.8 Å². The number of hydrogen-bond acceptors (Lipinski definition) is 4. The molecule has 1 saturated heterocycles. The fraction of sp³-hybridized carbons (Fsp3) is 0.348. The molecule has 1 aromatic heterocycles. The van der Waals surface area contributed by atoms with Crippen molar-refractivity contribution in [2.75, 3.05) is 18.8 Å². The molecular formula is C23H26N4OS. The molecule has 3 aromatic rings. The third-order valence-corrected chi connectivity index (χ3v) is 6.35. The molecule has 150 valence electrons. The van der Waals surface area contributed by atoms with Gasteiger partial charge >= 0.3 is 0 Å². The summed E-state index contributed by atoms with van der Waals surface area (Å²) in [6.45, 7) is 5.98. The summed E-state index contributed by atoms with van der Waals surface area (Å²) in [6, 6.07) is 16.7. The number of rotatable bonds is 6. The second-order valence-electron chi connectivity index (χ2n) is 7.54. The molecule has 0 atom stereocenters. The average molecular weight is 407 g/mol. The highest BCUT2D eigenvalue weighted by Crippen LogP contribution is 2.25. The molecule has 2 heterocycles. The molecule has 6 heteroatoms. The molecule has 0 saturated carbocycles. The largest absolute Gasteiger partial charge is 0.342 e. The topological polar surface area (TPSA) is 51.0 Å². The predicted octanol–water partition coefficient (Wildman–Crippen LogP) is 4.19. The van der Waals surface area contributed by atoms with E-state index in [-0.39, 0.29) is 5.91 Å². The molecule has 1 fully saturated rings. The van der Waals surface area contributed by atoms with Gasteiger partial charge in [0.2, 0.25) is 5.91 Å². The van der Waals surface area contributed by atoms with Gasteiger partial charge < -0.3 is 4.90 Å². The van der Waals surface area contributed by atoms with E-state index in [2.05, 4.69) is 58.9 Å². The van der Waals surface area contributed by atoms with Gasteiger partial charge in [0.1, 0.15) is 5.82 Å². The van der Waals surface area contributed by atoms with Gasteiger partial charge in [0, 0.05) is 25.2 Å². The van der Waals surface area contributed by atoms with Gasteiger partial charge in [-0.2, -0.15) is 0 Å². The summed E-state index contributed by atoms with van der Waals surface area (Å²) in [5.41, 5.74) is 4.71. The monoisotopic (exact) mass is 406 g/mol. The van der Waals surface area contributed by atoms with E-state index in [0.717, 1.165) is 42.6 Å². The second-order valence-corrected chi connectivity index (χ2v) is 8.48. The molecule has 2 aromatic carbocycles. The molecule has 0 radical (unpaired) electrons. The SMILES string of the molecule is Cc1ccc(-n2c(Cc3ccccc3)nnc2SCC(=O)N2CCCC2)cc1C. The van der Waals surface area contributed by atoms with Gasteiger partial charge in [0.25, 0.3) is 0 Å². The molecule has 0 aliphatic carbocycles. The van der Waals surface area contributed by atoms with E-state index < -0.39 is 0 Å². The molecule has 0 spiro atoms. The van der Waals surface area contributed by atoms with E-state index in [1.54, 1.807) is 0 Å². The minimum atomic E-state index is 0.187. The van der Waals surface area contributed by atoms with Crippen LogP contribution in [0.2, 0.25) is 0 Å². The lowest BCUT2D eigenvalue weighted by molar-refractivity contribution is -0.127. The fourth-order valence-corrected chi connectivity index (χ4v) is 4.47. The lowest BCUT2D eigenvalue weighted by Gasteiger charge is -2.15. The van der Waals surface area contributed by atoms with Crippen molar-refractivity contribution < 1.29 is 4.79 Å². The Kier molecular flexibility index (Phi) is 6.00. The molecule has 4 rings (SSSR count). The first-order chi connectivity index (χ1) is 14.1. The van der Waals surface area contributed by atoms with Crippen LogP contribution in [0.25, 0.3) is 5.69 Å². The molecule has 0 N–H and O–H groups in total. The highest BCUT2D eigenvalue weighted by molar-refractivity contribution is 7.99. The van der Waals surface area contributed by atoms with Crippen molar-refractivity contribution in [1.29, 1.82) is 0 Å². The van der Waals surface area contributed by atoms with Crippen molar-refractivity contribution in [1.82, 2.24) is 19.7 Å². The lowest BCUT2D eigenvalue weighted by atomic mass is 10.1. The smallest absolute Gasteiger partial charge is 0.233 e. The van der Waals surface area contributed by atoms with E-state index in [1.165, 1.54) is 28.5 Å². The Bertz CT molecular complexity index is 993. The third kappa shape index (κ3) is 4.53. The number of aromatic nitrogens is 3. The Morgan fingerprint density at radius 1 is 1.00 bits per heavy atom. The maximum Gasteiger partial charge on any atom is 0.233 e. The van der Waals surface area contributed by atoms with E-state index in [4.69, 9.17) is 0 Å². The minimum absolute atomic E-state index is 0.187. The van der Waals surface area contributed by atoms with Crippen LogP contribution in [0.4, 0.5) is 0 Å². The van der Waals surface area contributed by atoms with Crippen LogP contribution in [-0.2, 0) is 11.2 Å². The van der Waals surface area contributed by atoms with Gasteiger partial charge in [-0.15, -0.1) is 10.2 Å². The normalized spacial score (nSPS) is 13.8. The van der Waals surface area contributed by atoms with E-state index in [0.29, 0.717) is 12.2 Å². The van der Waals surface area contributed by atoms with Crippen LogP contribution < -0.4 is 0 Å². The molecule has 1 aliphatic rings. The van der Waals surface area contributed by atoms with E-state index >= 15 is 0 Å². The number of thioether (sulfide) groups is 1. The summed E-state index contributed by atoms with van der Waals surface area (Å²) >= 11 is 1.48. The van der Waals surface area contributed by atoms with Gasteiger partial charge in [0.05, 0.1) is 5.75 Å². The third-order valence-electron chi connectivity index (χ3n) is 5.44. The molecule has 0 unspecified atom stereocenters. The Morgan fingerprint density at radius 2 is 1.76 bits per heavy atom. The summed E-state index contributed by atoms with van der Waals surface area (Å²) in [5, 5.41) is 9.70. The molecule has 0 bridgehead atoms. The van der Waals surface area contributed by atoms with Crippen LogP contribution in [-0.4, -0.2) is 44.4 Å². The van der Waals surface area contributed by atoms with Gasteiger partial charge in [0.15, 0.2) is 5.16 Å². The zero-order valence-corrected chi connectivity index (χ0v) is 17.8. The van der Waals surface area contributed by atoms with Crippen LogP contribution in [0, 0.1) is 13.8 Å². The highest BCUT2D eigenvalue weighted by Gasteiger charge is 2.21. The maximum atomic E-state index is 12.5. The van der Waals surface area contributed by atoms with Crippen LogP contribution in [0.1, 0.15) is 35.4 Å². The first kappa shape index (κ1) is 19.7. The number of likely N-dealkylation sites (tertiary alicyclic amines) is 1. The van der Waals surface area contributed by atoms with Gasteiger partial charge in [-0.1, -0.05) is 48.2 Å². The predicted molar refractivity (Wildman–Crippen MR) is 117 cm³/mol. The minimum Gasteiger partial charge on any atom is -0.342 e. The zero-order valence-electron chi connectivity index (χ0n) is 17.0. The summed E-state index contributed by atoms with van der Waals surface area (Å²) in [7, 11) is 0. The standard InChI is InChI=1S/C23H26N4OS/c1-17-10-11-20(14-18(17)2)27-21(15-19-8-4-3-5-9-19)24-25-23(27)29-16-22(28)26-12-6-7-13-26/h3-5,8-11,14H,6-7,12-13,15-16H2,1-2H3. The lowest BCUT2D eigenvalue weighted by Crippen LogP contribution is -2.29. The number of carbonyl (C=O) groups excluding carboxylic acids is 1. The van der Waals surface area contributed by atoms with Crippen molar-refractivity contribution in [3.8, 4) is 5.69 Å². The Balaban J connectivity index is 1.63. The molecule has 29 heavy (non-hydrogen) atoms. The molecular weight excluding hydrogens is 380 g/mol. The summed E-state index contributed by atoms with van der Waals surface area (Å²) in [5.74, 6) is 1.47. The molecule has 5 nitrogen and oxygen atoms in total. The Labute approximate surface area is 176 Å². The van der Waals surface area contributed by atoms with Crippen molar-refractivity contribution in [2.45, 2.75) is 38.3 Å². The van der Waals surface area contributed by atoms with Crippen LogP contribution in [0.5, 0.6) is 0 Å². The van der Waals surface area contributed by atoms with E-state index in [9.17, 15) is 4.79 Å². The highest BCUT2D eigenvalue weighted by atomic mass is 32.2. The summed E-state index contributed by atoms with van der Waals surface area (Å²) in [4.78, 5) is 14.5. The Morgan fingerprint density at radius 3 is 2.48 bits per heavy atom. The fourth-order valence-electron chi connectivity index (χ4n) is 3.59. The summed E-state index contributed by atoms with van der Waals surface area (Å²) < 4.78 is 2.10. The number of aryl methyl sites for hydroxylation is 2. The quantitative estimate of drug-likeness (QED) is 0.576.